The monoisotopic (exact) mass is 342 g/mol. The fourth-order valence-electron chi connectivity index (χ4n) is 2.62. The number of hydrazine groups is 1. The minimum atomic E-state index is -0.476. The molecule has 25 heavy (non-hydrogen) atoms. The third kappa shape index (κ3) is 3.68. The summed E-state index contributed by atoms with van der Waals surface area (Å²) in [6, 6.07) is 8.27. The first-order valence-corrected chi connectivity index (χ1v) is 7.94. The zero-order chi connectivity index (χ0) is 17.8. The first-order valence-electron chi connectivity index (χ1n) is 7.94. The van der Waals surface area contributed by atoms with Gasteiger partial charge in [0, 0.05) is 18.8 Å². The molecule has 1 fully saturated rings. The van der Waals surface area contributed by atoms with E-state index in [2.05, 4.69) is 10.3 Å². The lowest BCUT2D eigenvalue weighted by Gasteiger charge is -2.27. The summed E-state index contributed by atoms with van der Waals surface area (Å²) in [4.78, 5) is 41.0. The number of hydrogen-bond acceptors (Lipinski definition) is 5. The molecule has 0 atom stereocenters. The molecule has 0 aliphatic carbocycles. The van der Waals surface area contributed by atoms with E-state index in [1.165, 1.54) is 22.3 Å². The Hall–Kier alpha value is -3.16. The molecule has 1 aliphatic rings. The number of amides is 3. The number of nitrogens with zero attached hydrogens (tertiary/aromatic N) is 3. The van der Waals surface area contributed by atoms with Crippen LogP contribution in [-0.4, -0.2) is 52.4 Å². The molecule has 1 aliphatic heterocycles. The molecule has 0 spiro atoms. The van der Waals surface area contributed by atoms with Crippen LogP contribution in [0.25, 0.3) is 0 Å². The average molecular weight is 342 g/mol. The van der Waals surface area contributed by atoms with Crippen LogP contribution < -0.4 is 5.32 Å². The zero-order valence-electron chi connectivity index (χ0n) is 13.8. The van der Waals surface area contributed by atoms with E-state index in [-0.39, 0.29) is 24.1 Å². The van der Waals surface area contributed by atoms with Gasteiger partial charge in [0.2, 0.25) is 0 Å². The maximum absolute atomic E-state index is 12.6. The first kappa shape index (κ1) is 16.7. The fraction of sp³-hybridized carbons (Fsp3) is 0.294. The lowest BCUT2D eigenvalue weighted by atomic mass is 10.3. The van der Waals surface area contributed by atoms with Gasteiger partial charge in [-0.05, 0) is 37.6 Å². The van der Waals surface area contributed by atoms with Crippen molar-refractivity contribution in [3.05, 3.63) is 53.7 Å². The number of rotatable bonds is 4. The normalized spacial score (nSPS) is 13.8. The van der Waals surface area contributed by atoms with E-state index in [0.717, 1.165) is 5.69 Å². The van der Waals surface area contributed by atoms with E-state index in [1.54, 1.807) is 31.2 Å². The van der Waals surface area contributed by atoms with Gasteiger partial charge in [-0.3, -0.25) is 14.4 Å². The number of carbonyl (C=O) groups excluding carboxylic acids is 3. The molecule has 0 radical (unpaired) electrons. The van der Waals surface area contributed by atoms with Gasteiger partial charge in [-0.1, -0.05) is 6.07 Å². The summed E-state index contributed by atoms with van der Waals surface area (Å²) in [5.41, 5.74) is 1.02. The SMILES string of the molecule is Cc1cccc(C(=O)N2CCCN2C(=O)CNC(=O)c2ccco2)n1. The van der Waals surface area contributed by atoms with Gasteiger partial charge in [0.25, 0.3) is 17.7 Å². The molecular formula is C17H18N4O4. The van der Waals surface area contributed by atoms with E-state index < -0.39 is 5.91 Å². The lowest BCUT2D eigenvalue weighted by molar-refractivity contribution is -0.139. The molecule has 8 heteroatoms. The van der Waals surface area contributed by atoms with Gasteiger partial charge in [0.15, 0.2) is 5.76 Å². The highest BCUT2D eigenvalue weighted by molar-refractivity contribution is 5.96. The Morgan fingerprint density at radius 3 is 2.68 bits per heavy atom. The summed E-state index contributed by atoms with van der Waals surface area (Å²) < 4.78 is 4.97. The Kier molecular flexibility index (Phi) is 4.78. The number of carbonyl (C=O) groups is 3. The Labute approximate surface area is 144 Å². The van der Waals surface area contributed by atoms with Crippen LogP contribution in [0.15, 0.2) is 41.0 Å². The molecule has 1 N–H and O–H groups in total. The van der Waals surface area contributed by atoms with Crippen LogP contribution in [-0.2, 0) is 4.79 Å². The van der Waals surface area contributed by atoms with Crippen LogP contribution in [0, 0.1) is 6.92 Å². The van der Waals surface area contributed by atoms with Crippen molar-refractivity contribution in [3.63, 3.8) is 0 Å². The molecular weight excluding hydrogens is 324 g/mol. The van der Waals surface area contributed by atoms with Gasteiger partial charge in [0.05, 0.1) is 12.8 Å². The highest BCUT2D eigenvalue weighted by Crippen LogP contribution is 2.14. The number of nitrogens with one attached hydrogen (secondary N) is 1. The molecule has 8 nitrogen and oxygen atoms in total. The molecule has 0 bridgehead atoms. The predicted molar refractivity (Wildman–Crippen MR) is 87.4 cm³/mol. The highest BCUT2D eigenvalue weighted by atomic mass is 16.3. The Bertz CT molecular complexity index is 788. The molecule has 3 rings (SSSR count). The van der Waals surface area contributed by atoms with Crippen LogP contribution >= 0.6 is 0 Å². The lowest BCUT2D eigenvalue weighted by Crippen LogP contribution is -2.48. The zero-order valence-corrected chi connectivity index (χ0v) is 13.8. The van der Waals surface area contributed by atoms with Gasteiger partial charge in [0.1, 0.15) is 5.69 Å². The largest absolute Gasteiger partial charge is 0.459 e. The molecule has 3 heterocycles. The van der Waals surface area contributed by atoms with Crippen molar-refractivity contribution in [2.24, 2.45) is 0 Å². The van der Waals surface area contributed by atoms with Gasteiger partial charge >= 0.3 is 0 Å². The van der Waals surface area contributed by atoms with Crippen LogP contribution in [0.4, 0.5) is 0 Å². The number of aryl methyl sites for hydroxylation is 1. The van der Waals surface area contributed by atoms with Crippen molar-refractivity contribution in [2.75, 3.05) is 19.6 Å². The Morgan fingerprint density at radius 2 is 1.96 bits per heavy atom. The highest BCUT2D eigenvalue weighted by Gasteiger charge is 2.32. The van der Waals surface area contributed by atoms with Crippen LogP contribution in [0.1, 0.15) is 33.2 Å². The maximum atomic E-state index is 12.6. The summed E-state index contributed by atoms with van der Waals surface area (Å²) in [5, 5.41) is 5.23. The molecule has 2 aromatic rings. The predicted octanol–water partition coefficient (Wildman–Crippen LogP) is 1.00. The molecule has 3 amide bonds. The quantitative estimate of drug-likeness (QED) is 0.894. The number of furan rings is 1. The molecule has 0 aromatic carbocycles. The second kappa shape index (κ2) is 7.16. The minimum absolute atomic E-state index is 0.131. The van der Waals surface area contributed by atoms with Crippen molar-refractivity contribution in [3.8, 4) is 0 Å². The summed E-state index contributed by atoms with van der Waals surface area (Å²) in [5.74, 6) is -1.03. The molecule has 0 saturated carbocycles. The van der Waals surface area contributed by atoms with Crippen molar-refractivity contribution in [1.82, 2.24) is 20.3 Å². The fourth-order valence-corrected chi connectivity index (χ4v) is 2.62. The van der Waals surface area contributed by atoms with Crippen LogP contribution in [0.3, 0.4) is 0 Å². The van der Waals surface area contributed by atoms with Gasteiger partial charge in [-0.25, -0.2) is 15.0 Å². The van der Waals surface area contributed by atoms with E-state index >= 15 is 0 Å². The minimum Gasteiger partial charge on any atom is -0.459 e. The van der Waals surface area contributed by atoms with Gasteiger partial charge in [-0.2, -0.15) is 0 Å². The topological polar surface area (TPSA) is 95.8 Å². The molecule has 0 unspecified atom stereocenters. The smallest absolute Gasteiger partial charge is 0.291 e. The molecule has 130 valence electrons. The number of aromatic nitrogens is 1. The summed E-state index contributed by atoms with van der Waals surface area (Å²) in [7, 11) is 0. The number of hydrogen-bond donors (Lipinski definition) is 1. The van der Waals surface area contributed by atoms with E-state index in [0.29, 0.717) is 25.2 Å². The summed E-state index contributed by atoms with van der Waals surface area (Å²) >= 11 is 0. The number of pyridine rings is 1. The Balaban J connectivity index is 1.63. The van der Waals surface area contributed by atoms with E-state index in [4.69, 9.17) is 4.42 Å². The van der Waals surface area contributed by atoms with Gasteiger partial charge < -0.3 is 9.73 Å². The standard InChI is InChI=1S/C17H18N4O4/c1-12-5-2-6-13(19-12)17(24)21-9-4-8-20(21)15(22)11-18-16(23)14-7-3-10-25-14/h2-3,5-7,10H,4,8-9,11H2,1H3,(H,18,23). The maximum Gasteiger partial charge on any atom is 0.291 e. The first-order chi connectivity index (χ1) is 12.1. The van der Waals surface area contributed by atoms with Crippen molar-refractivity contribution < 1.29 is 18.8 Å². The Morgan fingerprint density at radius 1 is 1.16 bits per heavy atom. The van der Waals surface area contributed by atoms with E-state index in [9.17, 15) is 14.4 Å². The van der Waals surface area contributed by atoms with E-state index in [1.807, 2.05) is 0 Å². The summed E-state index contributed by atoms with van der Waals surface area (Å²) in [6.07, 6.45) is 2.06. The van der Waals surface area contributed by atoms with Crippen LogP contribution in [0.2, 0.25) is 0 Å². The second-order valence-electron chi connectivity index (χ2n) is 5.62. The second-order valence-corrected chi connectivity index (χ2v) is 5.62. The third-order valence-corrected chi connectivity index (χ3v) is 3.81. The van der Waals surface area contributed by atoms with Crippen molar-refractivity contribution >= 4 is 17.7 Å². The molecule has 1 saturated heterocycles. The molecule has 2 aromatic heterocycles. The summed E-state index contributed by atoms with van der Waals surface area (Å²) in [6.45, 7) is 2.44. The van der Waals surface area contributed by atoms with Gasteiger partial charge in [-0.15, -0.1) is 0 Å². The third-order valence-electron chi connectivity index (χ3n) is 3.81. The van der Waals surface area contributed by atoms with Crippen molar-refractivity contribution in [2.45, 2.75) is 13.3 Å². The van der Waals surface area contributed by atoms with Crippen LogP contribution in [0.5, 0.6) is 0 Å². The average Bonchev–Trinajstić information content (AvgIpc) is 3.30. The van der Waals surface area contributed by atoms with Crippen molar-refractivity contribution in [1.29, 1.82) is 0 Å².